The molecule has 6 nitrogen and oxygen atoms in total. The van der Waals surface area contributed by atoms with Gasteiger partial charge in [0.15, 0.2) is 0 Å². The highest BCUT2D eigenvalue weighted by Gasteiger charge is 2.20. The van der Waals surface area contributed by atoms with Crippen LogP contribution in [0.15, 0.2) is 30.5 Å². The number of hydrogen-bond acceptors (Lipinski definition) is 4. The third kappa shape index (κ3) is 2.94. The van der Waals surface area contributed by atoms with E-state index in [0.29, 0.717) is 17.7 Å². The van der Waals surface area contributed by atoms with Crippen LogP contribution in [-0.2, 0) is 4.79 Å². The summed E-state index contributed by atoms with van der Waals surface area (Å²) in [5.74, 6) is -1.23. The third-order valence-electron chi connectivity index (χ3n) is 3.29. The topological polar surface area (TPSA) is 82.5 Å². The summed E-state index contributed by atoms with van der Waals surface area (Å²) < 4.78 is 0. The number of carboxylic acid groups (broad SMARTS) is 1. The number of benzene rings is 1. The number of nitrogens with one attached hydrogen (secondary N) is 1. The van der Waals surface area contributed by atoms with Gasteiger partial charge in [-0.1, -0.05) is 18.2 Å². The number of pyridine rings is 1. The Hall–Kier alpha value is -2.63. The summed E-state index contributed by atoms with van der Waals surface area (Å²) in [7, 11) is 1.55. The standard InChI is InChI=1S/C15H17N3O3/c1-3-18(9-13(19)16-2)14-10-6-4-5-7-12(10)17-8-11(14)15(20)21/h4-8H,3,9H2,1-2H3,(H,16,19)(H,20,21). The summed E-state index contributed by atoms with van der Waals surface area (Å²) in [4.78, 5) is 29.0. The van der Waals surface area contributed by atoms with Crippen LogP contribution >= 0.6 is 0 Å². The molecule has 0 aliphatic rings. The lowest BCUT2D eigenvalue weighted by Crippen LogP contribution is -2.36. The van der Waals surface area contributed by atoms with E-state index in [1.807, 2.05) is 31.2 Å². The Bertz CT molecular complexity index is 685. The monoisotopic (exact) mass is 287 g/mol. The van der Waals surface area contributed by atoms with Crippen molar-refractivity contribution in [1.82, 2.24) is 10.3 Å². The van der Waals surface area contributed by atoms with Crippen LogP contribution in [0.3, 0.4) is 0 Å². The molecular formula is C15H17N3O3. The van der Waals surface area contributed by atoms with E-state index < -0.39 is 5.97 Å². The molecule has 21 heavy (non-hydrogen) atoms. The molecule has 0 fully saturated rings. The van der Waals surface area contributed by atoms with Crippen LogP contribution < -0.4 is 10.2 Å². The number of nitrogens with zero attached hydrogens (tertiary/aromatic N) is 2. The highest BCUT2D eigenvalue weighted by Crippen LogP contribution is 2.29. The summed E-state index contributed by atoms with van der Waals surface area (Å²) in [6, 6.07) is 7.30. The minimum absolute atomic E-state index is 0.0967. The van der Waals surface area contributed by atoms with Gasteiger partial charge < -0.3 is 15.3 Å². The number of likely N-dealkylation sites (N-methyl/N-ethyl adjacent to an activating group) is 2. The highest BCUT2D eigenvalue weighted by atomic mass is 16.4. The molecule has 0 radical (unpaired) electrons. The second-order valence-corrected chi connectivity index (χ2v) is 4.53. The number of carbonyl (C=O) groups excluding carboxylic acids is 1. The maximum atomic E-state index is 11.7. The van der Waals surface area contributed by atoms with Crippen LogP contribution in [0.4, 0.5) is 5.69 Å². The largest absolute Gasteiger partial charge is 0.478 e. The van der Waals surface area contributed by atoms with Gasteiger partial charge in [0.2, 0.25) is 5.91 Å². The second-order valence-electron chi connectivity index (χ2n) is 4.53. The van der Waals surface area contributed by atoms with Crippen molar-refractivity contribution in [2.45, 2.75) is 6.92 Å². The lowest BCUT2D eigenvalue weighted by Gasteiger charge is -2.25. The quantitative estimate of drug-likeness (QED) is 0.871. The van der Waals surface area contributed by atoms with Crippen LogP contribution in [0.2, 0.25) is 0 Å². The molecule has 6 heteroatoms. The Morgan fingerprint density at radius 2 is 2.05 bits per heavy atom. The summed E-state index contributed by atoms with van der Waals surface area (Å²) in [6.45, 7) is 2.49. The molecule has 0 spiro atoms. The van der Waals surface area contributed by atoms with Gasteiger partial charge in [-0.2, -0.15) is 0 Å². The molecule has 0 atom stereocenters. The summed E-state index contributed by atoms with van der Waals surface area (Å²) in [5, 5.41) is 12.7. The lowest BCUT2D eigenvalue weighted by molar-refractivity contribution is -0.119. The van der Waals surface area contributed by atoms with Gasteiger partial charge >= 0.3 is 5.97 Å². The number of fused-ring (bicyclic) bond motifs is 1. The van der Waals surface area contributed by atoms with Crippen molar-refractivity contribution >= 4 is 28.5 Å². The fraction of sp³-hybridized carbons (Fsp3) is 0.267. The van der Waals surface area contributed by atoms with Gasteiger partial charge in [0, 0.05) is 25.2 Å². The van der Waals surface area contributed by atoms with E-state index >= 15 is 0 Å². The Kier molecular flexibility index (Phi) is 4.37. The first-order valence-electron chi connectivity index (χ1n) is 6.65. The van der Waals surface area contributed by atoms with Crippen molar-refractivity contribution in [2.75, 3.05) is 25.0 Å². The first-order chi connectivity index (χ1) is 10.1. The van der Waals surface area contributed by atoms with Crippen molar-refractivity contribution in [1.29, 1.82) is 0 Å². The zero-order valence-corrected chi connectivity index (χ0v) is 12.0. The normalized spacial score (nSPS) is 10.4. The molecular weight excluding hydrogens is 270 g/mol. The number of hydrogen-bond donors (Lipinski definition) is 2. The maximum absolute atomic E-state index is 11.7. The Morgan fingerprint density at radius 1 is 1.33 bits per heavy atom. The average molecular weight is 287 g/mol. The van der Waals surface area contributed by atoms with Crippen LogP contribution in [0.1, 0.15) is 17.3 Å². The van der Waals surface area contributed by atoms with E-state index in [9.17, 15) is 14.7 Å². The van der Waals surface area contributed by atoms with Gasteiger partial charge in [-0.05, 0) is 13.0 Å². The molecule has 1 aromatic carbocycles. The van der Waals surface area contributed by atoms with Gasteiger partial charge in [0.25, 0.3) is 0 Å². The van der Waals surface area contributed by atoms with Crippen LogP contribution in [-0.4, -0.2) is 42.1 Å². The van der Waals surface area contributed by atoms with Crippen LogP contribution in [0.5, 0.6) is 0 Å². The molecule has 0 saturated carbocycles. The molecule has 0 saturated heterocycles. The molecule has 2 aromatic rings. The predicted molar refractivity (Wildman–Crippen MR) is 80.7 cm³/mol. The molecule has 0 aliphatic carbocycles. The lowest BCUT2D eigenvalue weighted by atomic mass is 10.1. The Morgan fingerprint density at radius 3 is 2.67 bits per heavy atom. The molecule has 1 heterocycles. The first kappa shape index (κ1) is 14.8. The van der Waals surface area contributed by atoms with Gasteiger partial charge in [0.1, 0.15) is 5.56 Å². The third-order valence-corrected chi connectivity index (χ3v) is 3.29. The van der Waals surface area contributed by atoms with Crippen LogP contribution in [0.25, 0.3) is 10.9 Å². The number of aromatic carboxylic acids is 1. The van der Waals surface area contributed by atoms with E-state index in [1.54, 1.807) is 11.9 Å². The molecule has 0 unspecified atom stereocenters. The van der Waals surface area contributed by atoms with Crippen molar-refractivity contribution < 1.29 is 14.7 Å². The van der Waals surface area contributed by atoms with Gasteiger partial charge in [-0.25, -0.2) is 4.79 Å². The molecule has 0 bridgehead atoms. The number of anilines is 1. The first-order valence-corrected chi connectivity index (χ1v) is 6.65. The van der Waals surface area contributed by atoms with E-state index in [1.165, 1.54) is 6.20 Å². The number of carboxylic acids is 1. The molecule has 2 rings (SSSR count). The highest BCUT2D eigenvalue weighted by molar-refractivity contribution is 6.05. The fourth-order valence-electron chi connectivity index (χ4n) is 2.23. The Balaban J connectivity index is 2.64. The Labute approximate surface area is 122 Å². The average Bonchev–Trinajstić information content (AvgIpc) is 2.51. The van der Waals surface area contributed by atoms with Crippen LogP contribution in [0, 0.1) is 0 Å². The smallest absolute Gasteiger partial charge is 0.339 e. The van der Waals surface area contributed by atoms with Crippen molar-refractivity contribution in [2.24, 2.45) is 0 Å². The minimum Gasteiger partial charge on any atom is -0.478 e. The molecule has 1 amide bonds. The van der Waals surface area contributed by atoms with Gasteiger partial charge in [-0.15, -0.1) is 0 Å². The van der Waals surface area contributed by atoms with Crippen molar-refractivity contribution in [3.05, 3.63) is 36.0 Å². The summed E-state index contributed by atoms with van der Waals surface area (Å²) in [5.41, 5.74) is 1.33. The van der Waals surface area contributed by atoms with Gasteiger partial charge in [-0.3, -0.25) is 9.78 Å². The zero-order chi connectivity index (χ0) is 15.4. The van der Waals surface area contributed by atoms with E-state index in [0.717, 1.165) is 5.39 Å². The maximum Gasteiger partial charge on any atom is 0.339 e. The SMILES string of the molecule is CCN(CC(=O)NC)c1c(C(=O)O)cnc2ccccc12. The number of para-hydroxylation sites is 1. The van der Waals surface area contributed by atoms with Crippen molar-refractivity contribution in [3.63, 3.8) is 0 Å². The number of aromatic nitrogens is 1. The summed E-state index contributed by atoms with van der Waals surface area (Å²) >= 11 is 0. The predicted octanol–water partition coefficient (Wildman–Crippen LogP) is 1.51. The van der Waals surface area contributed by atoms with Crippen molar-refractivity contribution in [3.8, 4) is 0 Å². The van der Waals surface area contributed by atoms with Gasteiger partial charge in [0.05, 0.1) is 17.7 Å². The van der Waals surface area contributed by atoms with E-state index in [-0.39, 0.29) is 18.0 Å². The zero-order valence-electron chi connectivity index (χ0n) is 12.0. The molecule has 110 valence electrons. The summed E-state index contributed by atoms with van der Waals surface area (Å²) in [6.07, 6.45) is 1.34. The van der Waals surface area contributed by atoms with E-state index in [4.69, 9.17) is 0 Å². The molecule has 1 aromatic heterocycles. The fourth-order valence-corrected chi connectivity index (χ4v) is 2.23. The number of amides is 1. The molecule has 2 N–H and O–H groups in total. The minimum atomic E-state index is -1.06. The number of rotatable bonds is 5. The number of carbonyl (C=O) groups is 2. The second kappa shape index (κ2) is 6.21. The van der Waals surface area contributed by atoms with E-state index in [2.05, 4.69) is 10.3 Å². The molecule has 0 aliphatic heterocycles.